The lowest BCUT2D eigenvalue weighted by Crippen LogP contribution is -2.20. The minimum Gasteiger partial charge on any atom is -0.387 e. The molecule has 0 aliphatic carbocycles. The Bertz CT molecular complexity index is 826. The second kappa shape index (κ2) is 5.83. The fourth-order valence-corrected chi connectivity index (χ4v) is 3.32. The van der Waals surface area contributed by atoms with Crippen molar-refractivity contribution in [3.8, 4) is 11.3 Å². The summed E-state index contributed by atoms with van der Waals surface area (Å²) in [7, 11) is 5.95. The molecule has 0 fully saturated rings. The Hall–Kier alpha value is -2.11. The molecule has 1 aromatic carbocycles. The summed E-state index contributed by atoms with van der Waals surface area (Å²) < 4.78 is 7.48. The van der Waals surface area contributed by atoms with Crippen molar-refractivity contribution < 1.29 is 9.63 Å². The summed E-state index contributed by atoms with van der Waals surface area (Å²) in [6, 6.07) is 8.15. The maximum atomic E-state index is 10.9. The van der Waals surface area contributed by atoms with Crippen LogP contribution in [0.3, 0.4) is 0 Å². The van der Waals surface area contributed by atoms with Crippen molar-refractivity contribution in [2.45, 2.75) is 20.0 Å². The van der Waals surface area contributed by atoms with E-state index in [0.29, 0.717) is 6.54 Å². The highest BCUT2D eigenvalue weighted by Gasteiger charge is 2.26. The lowest BCUT2D eigenvalue weighted by atomic mass is 9.99. The quantitative estimate of drug-likeness (QED) is 0.804. The predicted molar refractivity (Wildman–Crippen MR) is 91.4 cm³/mol. The number of aromatic nitrogens is 2. The molecule has 0 saturated heterocycles. The van der Waals surface area contributed by atoms with E-state index in [2.05, 4.69) is 21.9 Å². The molecule has 1 N–H and O–H groups in total. The summed E-state index contributed by atoms with van der Waals surface area (Å²) in [5, 5.41) is 16.0. The normalized spacial score (nSPS) is 13.2. The van der Waals surface area contributed by atoms with Crippen molar-refractivity contribution >= 4 is 10.9 Å². The van der Waals surface area contributed by atoms with Gasteiger partial charge in [0.25, 0.3) is 0 Å². The predicted octanol–water partition coefficient (Wildman–Crippen LogP) is 3.05. The van der Waals surface area contributed by atoms with Crippen LogP contribution in [0.15, 0.2) is 28.8 Å². The van der Waals surface area contributed by atoms with Gasteiger partial charge in [0.05, 0.1) is 23.1 Å². The summed E-state index contributed by atoms with van der Waals surface area (Å²) in [5.74, 6) is 0.770. The van der Waals surface area contributed by atoms with E-state index < -0.39 is 6.10 Å². The number of benzene rings is 1. The van der Waals surface area contributed by atoms with Crippen LogP contribution in [0.1, 0.15) is 23.1 Å². The molecular formula is C18H23N3O2. The molecule has 0 amide bonds. The van der Waals surface area contributed by atoms with E-state index in [1.807, 2.05) is 52.0 Å². The number of aryl methyl sites for hydroxylation is 3. The van der Waals surface area contributed by atoms with Crippen LogP contribution >= 0.6 is 0 Å². The van der Waals surface area contributed by atoms with Gasteiger partial charge < -0.3 is 19.1 Å². The number of hydrogen-bond acceptors (Lipinski definition) is 4. The number of aliphatic hydroxyl groups is 1. The van der Waals surface area contributed by atoms with E-state index in [0.717, 1.165) is 39.2 Å². The Labute approximate surface area is 136 Å². The third kappa shape index (κ3) is 2.56. The second-order valence-corrected chi connectivity index (χ2v) is 6.32. The first-order valence-electron chi connectivity index (χ1n) is 7.75. The summed E-state index contributed by atoms with van der Waals surface area (Å²) >= 11 is 0. The zero-order chi connectivity index (χ0) is 16.7. The molecule has 0 aliphatic rings. The lowest BCUT2D eigenvalue weighted by molar-refractivity contribution is 0.140. The third-order valence-electron chi connectivity index (χ3n) is 4.29. The molecule has 0 bridgehead atoms. The van der Waals surface area contributed by atoms with E-state index in [-0.39, 0.29) is 0 Å². The molecule has 2 aromatic heterocycles. The van der Waals surface area contributed by atoms with Crippen LogP contribution in [-0.2, 0) is 7.05 Å². The molecule has 3 rings (SSSR count). The average molecular weight is 313 g/mol. The molecule has 1 unspecified atom stereocenters. The first kappa shape index (κ1) is 15.8. The minimum atomic E-state index is -0.584. The van der Waals surface area contributed by atoms with E-state index >= 15 is 0 Å². The second-order valence-electron chi connectivity index (χ2n) is 6.32. The lowest BCUT2D eigenvalue weighted by Gasteiger charge is -2.18. The van der Waals surface area contributed by atoms with Crippen molar-refractivity contribution in [2.75, 3.05) is 20.6 Å². The highest BCUT2D eigenvalue weighted by Crippen LogP contribution is 2.39. The molecule has 23 heavy (non-hydrogen) atoms. The summed E-state index contributed by atoms with van der Waals surface area (Å²) in [6.45, 7) is 4.41. The van der Waals surface area contributed by atoms with Crippen LogP contribution in [0.2, 0.25) is 0 Å². The standard InChI is InChI=1S/C18H23N3O2/c1-11-16(12(2)23-19-11)18-17(15(22)10-20(3)4)13-8-6-7-9-14(13)21(18)5/h6-9,15,22H,10H2,1-5H3. The van der Waals surface area contributed by atoms with Crippen LogP contribution in [-0.4, -0.2) is 40.4 Å². The van der Waals surface area contributed by atoms with Crippen LogP contribution in [0.25, 0.3) is 22.2 Å². The Morgan fingerprint density at radius 1 is 1.26 bits per heavy atom. The number of aliphatic hydroxyl groups excluding tert-OH is 1. The van der Waals surface area contributed by atoms with E-state index in [4.69, 9.17) is 4.52 Å². The van der Waals surface area contributed by atoms with Gasteiger partial charge in [0.1, 0.15) is 5.76 Å². The SMILES string of the molecule is Cc1noc(C)c1-c1c(C(O)CN(C)C)c2ccccc2n1C. The fourth-order valence-electron chi connectivity index (χ4n) is 3.32. The zero-order valence-electron chi connectivity index (χ0n) is 14.3. The van der Waals surface area contributed by atoms with Crippen molar-refractivity contribution in [2.24, 2.45) is 7.05 Å². The smallest absolute Gasteiger partial charge is 0.143 e. The number of likely N-dealkylation sites (N-methyl/N-ethyl adjacent to an activating group) is 1. The molecule has 5 heteroatoms. The van der Waals surface area contributed by atoms with Crippen LogP contribution < -0.4 is 0 Å². The Morgan fingerprint density at radius 3 is 2.57 bits per heavy atom. The molecule has 0 saturated carbocycles. The van der Waals surface area contributed by atoms with Gasteiger partial charge in [0.2, 0.25) is 0 Å². The fraction of sp³-hybridized carbons (Fsp3) is 0.389. The molecule has 122 valence electrons. The zero-order valence-corrected chi connectivity index (χ0v) is 14.3. The van der Waals surface area contributed by atoms with Gasteiger partial charge in [-0.15, -0.1) is 0 Å². The van der Waals surface area contributed by atoms with Gasteiger partial charge in [0, 0.05) is 30.1 Å². The Kier molecular flexibility index (Phi) is 4.00. The van der Waals surface area contributed by atoms with E-state index in [1.165, 1.54) is 0 Å². The number of fused-ring (bicyclic) bond motifs is 1. The average Bonchev–Trinajstić information content (AvgIpc) is 2.96. The molecule has 0 radical (unpaired) electrons. The molecule has 5 nitrogen and oxygen atoms in total. The minimum absolute atomic E-state index is 0.560. The Balaban J connectivity index is 2.34. The number of hydrogen-bond donors (Lipinski definition) is 1. The summed E-state index contributed by atoms with van der Waals surface area (Å²) in [4.78, 5) is 1.99. The molecule has 0 aliphatic heterocycles. The molecule has 3 aromatic rings. The van der Waals surface area contributed by atoms with Gasteiger partial charge in [0.15, 0.2) is 0 Å². The summed E-state index contributed by atoms with van der Waals surface area (Å²) in [5.41, 5.74) is 4.82. The topological polar surface area (TPSA) is 54.4 Å². The van der Waals surface area contributed by atoms with Gasteiger partial charge in [-0.05, 0) is 34.0 Å². The maximum absolute atomic E-state index is 10.9. The number of rotatable bonds is 4. The first-order valence-corrected chi connectivity index (χ1v) is 7.75. The van der Waals surface area contributed by atoms with Crippen molar-refractivity contribution in [1.29, 1.82) is 0 Å². The third-order valence-corrected chi connectivity index (χ3v) is 4.29. The van der Waals surface area contributed by atoms with Crippen molar-refractivity contribution in [3.63, 3.8) is 0 Å². The van der Waals surface area contributed by atoms with Crippen molar-refractivity contribution in [3.05, 3.63) is 41.3 Å². The molecular weight excluding hydrogens is 290 g/mol. The highest BCUT2D eigenvalue weighted by molar-refractivity contribution is 5.93. The molecule has 0 spiro atoms. The number of nitrogens with zero attached hydrogens (tertiary/aromatic N) is 3. The van der Waals surface area contributed by atoms with Gasteiger partial charge in [-0.1, -0.05) is 23.4 Å². The van der Waals surface area contributed by atoms with Crippen molar-refractivity contribution in [1.82, 2.24) is 14.6 Å². The maximum Gasteiger partial charge on any atom is 0.143 e. The van der Waals surface area contributed by atoms with Crippen LogP contribution in [0.5, 0.6) is 0 Å². The highest BCUT2D eigenvalue weighted by atomic mass is 16.5. The number of para-hydroxylation sites is 1. The molecule has 2 heterocycles. The van der Waals surface area contributed by atoms with Crippen LogP contribution in [0, 0.1) is 13.8 Å². The van der Waals surface area contributed by atoms with E-state index in [9.17, 15) is 5.11 Å². The van der Waals surface area contributed by atoms with Gasteiger partial charge in [-0.2, -0.15) is 0 Å². The van der Waals surface area contributed by atoms with E-state index in [1.54, 1.807) is 0 Å². The van der Waals surface area contributed by atoms with Gasteiger partial charge >= 0.3 is 0 Å². The van der Waals surface area contributed by atoms with Crippen LogP contribution in [0.4, 0.5) is 0 Å². The van der Waals surface area contributed by atoms with Gasteiger partial charge in [-0.3, -0.25) is 0 Å². The first-order chi connectivity index (χ1) is 10.9. The largest absolute Gasteiger partial charge is 0.387 e. The summed E-state index contributed by atoms with van der Waals surface area (Å²) in [6.07, 6.45) is -0.584. The monoisotopic (exact) mass is 313 g/mol. The van der Waals surface area contributed by atoms with Gasteiger partial charge in [-0.25, -0.2) is 0 Å². The Morgan fingerprint density at radius 2 is 1.96 bits per heavy atom. The molecule has 1 atom stereocenters.